The quantitative estimate of drug-likeness (QED) is 0.902. The normalized spacial score (nSPS) is 17.0. The monoisotopic (exact) mass is 339 g/mol. The third-order valence-electron chi connectivity index (χ3n) is 4.01. The van der Waals surface area contributed by atoms with Crippen molar-refractivity contribution in [3.8, 4) is 0 Å². The summed E-state index contributed by atoms with van der Waals surface area (Å²) < 4.78 is 5.56. The van der Waals surface area contributed by atoms with Gasteiger partial charge in [-0.3, -0.25) is 4.79 Å². The van der Waals surface area contributed by atoms with Gasteiger partial charge in [0.2, 0.25) is 5.91 Å². The minimum Gasteiger partial charge on any atom is -0.377 e. The highest BCUT2D eigenvalue weighted by Gasteiger charge is 2.28. The molecule has 130 valence electrons. The van der Waals surface area contributed by atoms with Crippen LogP contribution >= 0.6 is 0 Å². The lowest BCUT2D eigenvalue weighted by Crippen LogP contribution is -2.45. The average molecular weight is 339 g/mol. The molecule has 0 bridgehead atoms. The number of rotatable bonds is 3. The molecule has 3 rings (SSSR count). The summed E-state index contributed by atoms with van der Waals surface area (Å²) >= 11 is 0. The molecule has 2 aromatic carbocycles. The number of carbonyl (C=O) groups is 2. The van der Waals surface area contributed by atoms with Crippen LogP contribution in [0.4, 0.5) is 16.2 Å². The molecule has 0 aliphatic carbocycles. The first-order valence-electron chi connectivity index (χ1n) is 8.21. The van der Waals surface area contributed by atoms with E-state index in [9.17, 15) is 9.59 Å². The lowest BCUT2D eigenvalue weighted by atomic mass is 10.1. The van der Waals surface area contributed by atoms with Gasteiger partial charge in [0.25, 0.3) is 0 Å². The summed E-state index contributed by atoms with van der Waals surface area (Å²) in [6, 6.07) is 16.6. The second-order valence-corrected chi connectivity index (χ2v) is 5.89. The molecule has 1 fully saturated rings. The molecular weight excluding hydrogens is 318 g/mol. The van der Waals surface area contributed by atoms with Crippen LogP contribution in [-0.2, 0) is 9.53 Å². The van der Waals surface area contributed by atoms with Crippen molar-refractivity contribution in [2.45, 2.75) is 13.0 Å². The molecule has 6 nitrogen and oxygen atoms in total. The highest BCUT2D eigenvalue weighted by Crippen LogP contribution is 2.25. The van der Waals surface area contributed by atoms with E-state index in [0.29, 0.717) is 31.1 Å². The van der Waals surface area contributed by atoms with Crippen LogP contribution in [0.2, 0.25) is 0 Å². The van der Waals surface area contributed by atoms with Gasteiger partial charge in [-0.15, -0.1) is 0 Å². The maximum atomic E-state index is 12.8. The Kier molecular flexibility index (Phi) is 5.30. The van der Waals surface area contributed by atoms with Gasteiger partial charge in [0.1, 0.15) is 0 Å². The van der Waals surface area contributed by atoms with E-state index < -0.39 is 0 Å². The summed E-state index contributed by atoms with van der Waals surface area (Å²) in [6.45, 7) is 2.96. The SMILES string of the molecule is CC(=O)Nc1cccc(NC(=O)N2CCOCC2c2ccccc2)c1. The van der Waals surface area contributed by atoms with Crippen molar-refractivity contribution < 1.29 is 14.3 Å². The van der Waals surface area contributed by atoms with Crippen molar-refractivity contribution in [2.24, 2.45) is 0 Å². The third-order valence-corrected chi connectivity index (χ3v) is 4.01. The predicted molar refractivity (Wildman–Crippen MR) is 96.5 cm³/mol. The number of hydrogen-bond donors (Lipinski definition) is 2. The van der Waals surface area contributed by atoms with Crippen molar-refractivity contribution in [2.75, 3.05) is 30.4 Å². The van der Waals surface area contributed by atoms with Gasteiger partial charge in [0.15, 0.2) is 0 Å². The van der Waals surface area contributed by atoms with E-state index >= 15 is 0 Å². The number of ether oxygens (including phenoxy) is 1. The molecule has 25 heavy (non-hydrogen) atoms. The molecule has 0 saturated carbocycles. The fourth-order valence-corrected chi connectivity index (χ4v) is 2.87. The molecule has 1 saturated heterocycles. The second kappa shape index (κ2) is 7.81. The number of anilines is 2. The summed E-state index contributed by atoms with van der Waals surface area (Å²) in [7, 11) is 0. The largest absolute Gasteiger partial charge is 0.377 e. The Morgan fingerprint density at radius 1 is 1.04 bits per heavy atom. The predicted octanol–water partition coefficient (Wildman–Crippen LogP) is 3.25. The number of morpholine rings is 1. The van der Waals surface area contributed by atoms with E-state index in [1.165, 1.54) is 6.92 Å². The van der Waals surface area contributed by atoms with Crippen LogP contribution in [0, 0.1) is 0 Å². The molecule has 0 spiro atoms. The fraction of sp³-hybridized carbons (Fsp3) is 0.263. The van der Waals surface area contributed by atoms with Crippen LogP contribution in [0.3, 0.4) is 0 Å². The van der Waals surface area contributed by atoms with Crippen molar-refractivity contribution >= 4 is 23.3 Å². The highest BCUT2D eigenvalue weighted by atomic mass is 16.5. The summed E-state index contributed by atoms with van der Waals surface area (Å²) in [5, 5.41) is 5.61. The van der Waals surface area contributed by atoms with Crippen LogP contribution in [0.15, 0.2) is 54.6 Å². The zero-order valence-corrected chi connectivity index (χ0v) is 14.1. The summed E-state index contributed by atoms with van der Waals surface area (Å²) in [4.78, 5) is 25.7. The Morgan fingerprint density at radius 2 is 1.76 bits per heavy atom. The third kappa shape index (κ3) is 4.36. The van der Waals surface area contributed by atoms with E-state index in [4.69, 9.17) is 4.74 Å². The minimum atomic E-state index is -0.183. The fourth-order valence-electron chi connectivity index (χ4n) is 2.87. The number of nitrogens with zero attached hydrogens (tertiary/aromatic N) is 1. The van der Waals surface area contributed by atoms with Gasteiger partial charge in [0, 0.05) is 24.8 Å². The van der Waals surface area contributed by atoms with E-state index in [1.54, 1.807) is 29.2 Å². The Balaban J connectivity index is 1.74. The van der Waals surface area contributed by atoms with Gasteiger partial charge < -0.3 is 20.3 Å². The van der Waals surface area contributed by atoms with Crippen LogP contribution in [-0.4, -0.2) is 36.6 Å². The average Bonchev–Trinajstić information content (AvgIpc) is 2.62. The van der Waals surface area contributed by atoms with Crippen LogP contribution in [0.1, 0.15) is 18.5 Å². The van der Waals surface area contributed by atoms with Gasteiger partial charge in [-0.05, 0) is 23.8 Å². The van der Waals surface area contributed by atoms with E-state index in [1.807, 2.05) is 30.3 Å². The molecule has 3 amide bonds. The molecule has 1 heterocycles. The molecule has 1 atom stereocenters. The molecule has 1 aliphatic heterocycles. The maximum absolute atomic E-state index is 12.8. The Morgan fingerprint density at radius 3 is 2.48 bits per heavy atom. The van der Waals surface area contributed by atoms with Crippen molar-refractivity contribution in [3.63, 3.8) is 0 Å². The number of amides is 3. The summed E-state index contributed by atoms with van der Waals surface area (Å²) in [6.07, 6.45) is 0. The van der Waals surface area contributed by atoms with E-state index in [0.717, 1.165) is 5.56 Å². The van der Waals surface area contributed by atoms with Crippen molar-refractivity contribution in [3.05, 3.63) is 60.2 Å². The molecule has 0 aromatic heterocycles. The minimum absolute atomic E-state index is 0.117. The van der Waals surface area contributed by atoms with Crippen LogP contribution in [0.25, 0.3) is 0 Å². The Labute approximate surface area is 146 Å². The van der Waals surface area contributed by atoms with Crippen LogP contribution < -0.4 is 10.6 Å². The highest BCUT2D eigenvalue weighted by molar-refractivity contribution is 5.92. The summed E-state index contributed by atoms with van der Waals surface area (Å²) in [5.74, 6) is -0.152. The first kappa shape index (κ1) is 17.0. The number of urea groups is 1. The van der Waals surface area contributed by atoms with Gasteiger partial charge in [0.05, 0.1) is 19.3 Å². The molecule has 6 heteroatoms. The molecule has 2 aromatic rings. The first-order valence-corrected chi connectivity index (χ1v) is 8.21. The van der Waals surface area contributed by atoms with Gasteiger partial charge in [-0.1, -0.05) is 36.4 Å². The lowest BCUT2D eigenvalue weighted by molar-refractivity contribution is -0.114. The Bertz CT molecular complexity index is 749. The van der Waals surface area contributed by atoms with Crippen LogP contribution in [0.5, 0.6) is 0 Å². The van der Waals surface area contributed by atoms with Gasteiger partial charge in [-0.25, -0.2) is 4.79 Å². The summed E-state index contributed by atoms with van der Waals surface area (Å²) in [5.41, 5.74) is 2.32. The molecule has 1 aliphatic rings. The molecular formula is C19H21N3O3. The number of benzene rings is 2. The van der Waals surface area contributed by atoms with Gasteiger partial charge in [-0.2, -0.15) is 0 Å². The van der Waals surface area contributed by atoms with E-state index in [2.05, 4.69) is 10.6 Å². The maximum Gasteiger partial charge on any atom is 0.322 e. The zero-order chi connectivity index (χ0) is 17.6. The Hall–Kier alpha value is -2.86. The second-order valence-electron chi connectivity index (χ2n) is 5.89. The molecule has 1 unspecified atom stereocenters. The van der Waals surface area contributed by atoms with Crippen molar-refractivity contribution in [1.29, 1.82) is 0 Å². The number of nitrogens with one attached hydrogen (secondary N) is 2. The lowest BCUT2D eigenvalue weighted by Gasteiger charge is -2.35. The number of carbonyl (C=O) groups excluding carboxylic acids is 2. The molecule has 0 radical (unpaired) electrons. The molecule has 2 N–H and O–H groups in total. The smallest absolute Gasteiger partial charge is 0.322 e. The standard InChI is InChI=1S/C19H21N3O3/c1-14(23)20-16-8-5-9-17(12-16)21-19(24)22-10-11-25-13-18(22)15-6-3-2-4-7-15/h2-9,12,18H,10-11,13H2,1H3,(H,20,23)(H,21,24). The topological polar surface area (TPSA) is 70.7 Å². The number of hydrogen-bond acceptors (Lipinski definition) is 3. The van der Waals surface area contributed by atoms with Crippen molar-refractivity contribution in [1.82, 2.24) is 4.90 Å². The van der Waals surface area contributed by atoms with Gasteiger partial charge >= 0.3 is 6.03 Å². The van der Waals surface area contributed by atoms with E-state index in [-0.39, 0.29) is 18.0 Å². The zero-order valence-electron chi connectivity index (χ0n) is 14.1. The first-order chi connectivity index (χ1) is 12.1.